The average molecular weight is 276 g/mol. The van der Waals surface area contributed by atoms with Crippen molar-refractivity contribution in [3.63, 3.8) is 0 Å². The first-order valence-corrected chi connectivity index (χ1v) is 7.15. The molecule has 1 aliphatic carbocycles. The van der Waals surface area contributed by atoms with Crippen molar-refractivity contribution in [2.45, 2.75) is 32.4 Å². The molecule has 0 unspecified atom stereocenters. The molecule has 1 saturated carbocycles. The first kappa shape index (κ1) is 12.5. The zero-order chi connectivity index (χ0) is 13.2. The minimum atomic E-state index is 0.521. The minimum absolute atomic E-state index is 0.521. The Hall–Kier alpha value is -1.53. The van der Waals surface area contributed by atoms with E-state index in [4.69, 9.17) is 4.74 Å². The van der Waals surface area contributed by atoms with Crippen molar-refractivity contribution >= 4 is 11.3 Å². The van der Waals surface area contributed by atoms with E-state index in [1.165, 1.54) is 17.7 Å². The Labute approximate surface area is 116 Å². The van der Waals surface area contributed by atoms with Crippen LogP contribution in [0.1, 0.15) is 23.4 Å². The fourth-order valence-corrected chi connectivity index (χ4v) is 2.75. The molecule has 0 saturated heterocycles. The van der Waals surface area contributed by atoms with Crippen molar-refractivity contribution in [2.75, 3.05) is 7.11 Å². The molecule has 0 aromatic carbocycles. The highest BCUT2D eigenvalue weighted by atomic mass is 32.1. The maximum Gasteiger partial charge on any atom is 0.233 e. The number of ether oxygens (including phenoxy) is 1. The third kappa shape index (κ3) is 2.90. The predicted octanol–water partition coefficient (Wildman–Crippen LogP) is 2.17. The van der Waals surface area contributed by atoms with Crippen LogP contribution in [-0.2, 0) is 6.54 Å². The fraction of sp³-hybridized carbons (Fsp3) is 0.462. The smallest absolute Gasteiger partial charge is 0.233 e. The lowest BCUT2D eigenvalue weighted by Gasteiger charge is -1.99. The van der Waals surface area contributed by atoms with Crippen LogP contribution in [0, 0.1) is 6.92 Å². The Kier molecular flexibility index (Phi) is 3.44. The van der Waals surface area contributed by atoms with E-state index < -0.39 is 0 Å². The van der Waals surface area contributed by atoms with Crippen LogP contribution in [0.3, 0.4) is 0 Å². The lowest BCUT2D eigenvalue weighted by atomic mass is 10.3. The first-order valence-electron chi connectivity index (χ1n) is 6.34. The number of hydrogen-bond acceptors (Lipinski definition) is 6. The van der Waals surface area contributed by atoms with Crippen LogP contribution in [0.4, 0.5) is 0 Å². The molecule has 3 rings (SSSR count). The molecule has 1 fully saturated rings. The third-order valence-corrected chi connectivity index (χ3v) is 4.27. The number of rotatable bonds is 5. The zero-order valence-electron chi connectivity index (χ0n) is 11.0. The molecule has 2 aromatic heterocycles. The van der Waals surface area contributed by atoms with Gasteiger partial charge in [0, 0.05) is 23.5 Å². The molecule has 2 heterocycles. The van der Waals surface area contributed by atoms with Gasteiger partial charge in [-0.05, 0) is 25.8 Å². The molecule has 0 aliphatic heterocycles. The Morgan fingerprint density at radius 1 is 1.37 bits per heavy atom. The van der Waals surface area contributed by atoms with E-state index in [0.29, 0.717) is 11.9 Å². The molecule has 0 spiro atoms. The van der Waals surface area contributed by atoms with Gasteiger partial charge in [0.25, 0.3) is 0 Å². The molecule has 0 atom stereocenters. The Morgan fingerprint density at radius 2 is 2.21 bits per heavy atom. The maximum absolute atomic E-state index is 5.01. The second kappa shape index (κ2) is 5.22. The number of thiazole rings is 1. The molecule has 0 bridgehead atoms. The van der Waals surface area contributed by atoms with Gasteiger partial charge in [0.1, 0.15) is 10.7 Å². The van der Waals surface area contributed by atoms with Gasteiger partial charge >= 0.3 is 0 Å². The summed E-state index contributed by atoms with van der Waals surface area (Å²) in [5, 5.41) is 12.5. The van der Waals surface area contributed by atoms with Gasteiger partial charge in [-0.15, -0.1) is 21.5 Å². The van der Waals surface area contributed by atoms with Gasteiger partial charge in [-0.3, -0.25) is 0 Å². The second-order valence-electron chi connectivity index (χ2n) is 4.64. The van der Waals surface area contributed by atoms with E-state index in [2.05, 4.69) is 20.5 Å². The molecular formula is C13H16N4OS. The molecular weight excluding hydrogens is 260 g/mol. The Morgan fingerprint density at radius 3 is 2.84 bits per heavy atom. The molecule has 100 valence electrons. The number of aromatic nitrogens is 3. The van der Waals surface area contributed by atoms with Gasteiger partial charge in [0.15, 0.2) is 0 Å². The van der Waals surface area contributed by atoms with E-state index in [1.54, 1.807) is 24.5 Å². The van der Waals surface area contributed by atoms with E-state index >= 15 is 0 Å². The summed E-state index contributed by atoms with van der Waals surface area (Å²) in [4.78, 5) is 5.85. The van der Waals surface area contributed by atoms with Crippen molar-refractivity contribution in [2.24, 2.45) is 0 Å². The summed E-state index contributed by atoms with van der Waals surface area (Å²) in [6.45, 7) is 2.94. The average Bonchev–Trinajstić information content (AvgIpc) is 3.20. The summed E-state index contributed by atoms with van der Waals surface area (Å²) in [6.07, 6.45) is 2.60. The summed E-state index contributed by atoms with van der Waals surface area (Å²) >= 11 is 1.68. The number of aryl methyl sites for hydroxylation is 1. The summed E-state index contributed by atoms with van der Waals surface area (Å²) in [5.74, 6) is 0.521. The fourth-order valence-electron chi connectivity index (χ4n) is 1.77. The van der Waals surface area contributed by atoms with Crippen LogP contribution < -0.4 is 10.1 Å². The molecule has 6 heteroatoms. The minimum Gasteiger partial charge on any atom is -0.480 e. The monoisotopic (exact) mass is 276 g/mol. The second-order valence-corrected chi connectivity index (χ2v) is 5.73. The molecule has 0 radical (unpaired) electrons. The van der Waals surface area contributed by atoms with Crippen molar-refractivity contribution < 1.29 is 4.74 Å². The van der Waals surface area contributed by atoms with E-state index in [0.717, 1.165) is 22.9 Å². The highest BCUT2D eigenvalue weighted by Crippen LogP contribution is 2.28. The van der Waals surface area contributed by atoms with Gasteiger partial charge in [0.2, 0.25) is 5.88 Å². The molecule has 0 amide bonds. The molecule has 19 heavy (non-hydrogen) atoms. The lowest BCUT2D eigenvalue weighted by Crippen LogP contribution is -2.14. The lowest BCUT2D eigenvalue weighted by molar-refractivity contribution is 0.392. The highest BCUT2D eigenvalue weighted by molar-refractivity contribution is 7.15. The van der Waals surface area contributed by atoms with Crippen molar-refractivity contribution in [3.8, 4) is 16.6 Å². The summed E-state index contributed by atoms with van der Waals surface area (Å²) < 4.78 is 5.01. The highest BCUT2D eigenvalue weighted by Gasteiger charge is 2.21. The number of methoxy groups -OCH3 is 1. The van der Waals surface area contributed by atoms with Crippen LogP contribution in [0.25, 0.3) is 10.7 Å². The predicted molar refractivity (Wildman–Crippen MR) is 74.3 cm³/mol. The van der Waals surface area contributed by atoms with Gasteiger partial charge in [0.05, 0.1) is 12.8 Å². The van der Waals surface area contributed by atoms with Gasteiger partial charge in [-0.25, -0.2) is 4.98 Å². The summed E-state index contributed by atoms with van der Waals surface area (Å²) in [5.41, 5.74) is 1.87. The van der Waals surface area contributed by atoms with Gasteiger partial charge in [-0.1, -0.05) is 0 Å². The van der Waals surface area contributed by atoms with Gasteiger partial charge in [-0.2, -0.15) is 0 Å². The first-order chi connectivity index (χ1) is 9.26. The third-order valence-electron chi connectivity index (χ3n) is 3.09. The Balaban J connectivity index is 1.77. The van der Waals surface area contributed by atoms with Gasteiger partial charge < -0.3 is 10.1 Å². The number of nitrogens with zero attached hydrogens (tertiary/aromatic N) is 3. The quantitative estimate of drug-likeness (QED) is 0.907. The topological polar surface area (TPSA) is 59.9 Å². The SMILES string of the molecule is COc1ccc(-c2nc(C)c(CNC3CC3)s2)nn1. The summed E-state index contributed by atoms with van der Waals surface area (Å²) in [6, 6.07) is 4.41. The molecule has 1 aliphatic rings. The van der Waals surface area contributed by atoms with Crippen LogP contribution in [-0.4, -0.2) is 28.3 Å². The van der Waals surface area contributed by atoms with Crippen molar-refractivity contribution in [1.29, 1.82) is 0 Å². The zero-order valence-corrected chi connectivity index (χ0v) is 11.8. The summed E-state index contributed by atoms with van der Waals surface area (Å²) in [7, 11) is 1.58. The maximum atomic E-state index is 5.01. The van der Waals surface area contributed by atoms with Crippen LogP contribution >= 0.6 is 11.3 Å². The van der Waals surface area contributed by atoms with E-state index in [-0.39, 0.29) is 0 Å². The molecule has 1 N–H and O–H groups in total. The normalized spacial score (nSPS) is 14.6. The largest absolute Gasteiger partial charge is 0.480 e. The van der Waals surface area contributed by atoms with E-state index in [9.17, 15) is 0 Å². The molecule has 2 aromatic rings. The standard InChI is InChI=1S/C13H16N4OS/c1-8-11(7-14-9-3-4-9)19-13(15-8)10-5-6-12(18-2)17-16-10/h5-6,9,14H,3-4,7H2,1-2H3. The van der Waals surface area contributed by atoms with Crippen LogP contribution in [0.2, 0.25) is 0 Å². The van der Waals surface area contributed by atoms with E-state index in [1.807, 2.05) is 13.0 Å². The van der Waals surface area contributed by atoms with Crippen molar-refractivity contribution in [3.05, 3.63) is 22.7 Å². The number of nitrogens with one attached hydrogen (secondary N) is 1. The number of hydrogen-bond donors (Lipinski definition) is 1. The van der Waals surface area contributed by atoms with Crippen LogP contribution in [0.15, 0.2) is 12.1 Å². The molecule has 5 nitrogen and oxygen atoms in total. The van der Waals surface area contributed by atoms with Crippen LogP contribution in [0.5, 0.6) is 5.88 Å². The Bertz CT molecular complexity index is 563. The van der Waals surface area contributed by atoms with Crippen molar-refractivity contribution in [1.82, 2.24) is 20.5 Å².